The predicted molar refractivity (Wildman–Crippen MR) is 117 cm³/mol. The minimum atomic E-state index is -0.113. The molecule has 0 aliphatic carbocycles. The van der Waals surface area contributed by atoms with Crippen molar-refractivity contribution in [2.45, 2.75) is 13.5 Å². The fraction of sp³-hybridized carbons (Fsp3) is 0.304. The predicted octanol–water partition coefficient (Wildman–Crippen LogP) is 3.34. The number of anilines is 2. The Morgan fingerprint density at radius 2 is 1.93 bits per heavy atom. The second-order valence-electron chi connectivity index (χ2n) is 7.31. The number of methoxy groups -OCH3 is 1. The molecule has 1 N–H and O–H groups in total. The van der Waals surface area contributed by atoms with Crippen LogP contribution >= 0.6 is 0 Å². The number of aromatic nitrogens is 2. The number of hydrogen-bond acceptors (Lipinski definition) is 5. The van der Waals surface area contributed by atoms with E-state index >= 15 is 0 Å². The molecule has 0 atom stereocenters. The molecule has 156 valence electrons. The minimum Gasteiger partial charge on any atom is -0.497 e. The van der Waals surface area contributed by atoms with Gasteiger partial charge in [-0.3, -0.25) is 9.48 Å². The summed E-state index contributed by atoms with van der Waals surface area (Å²) in [6, 6.07) is 15.6. The molecule has 30 heavy (non-hydrogen) atoms. The SMILES string of the molecule is COc1ccc(-c2cn(CC(=O)Nc3cccc(C)c3)nc2N2CCOCC2)cc1. The first-order valence-electron chi connectivity index (χ1n) is 10.0. The van der Waals surface area contributed by atoms with Gasteiger partial charge in [0.1, 0.15) is 12.3 Å². The van der Waals surface area contributed by atoms with Crippen LogP contribution in [0.4, 0.5) is 11.5 Å². The van der Waals surface area contributed by atoms with Gasteiger partial charge in [0.2, 0.25) is 5.91 Å². The van der Waals surface area contributed by atoms with Gasteiger partial charge < -0.3 is 19.7 Å². The van der Waals surface area contributed by atoms with E-state index in [-0.39, 0.29) is 12.5 Å². The van der Waals surface area contributed by atoms with Gasteiger partial charge in [-0.05, 0) is 42.3 Å². The fourth-order valence-electron chi connectivity index (χ4n) is 3.55. The first-order valence-corrected chi connectivity index (χ1v) is 10.0. The average Bonchev–Trinajstić information content (AvgIpc) is 3.18. The van der Waals surface area contributed by atoms with E-state index in [0.29, 0.717) is 13.2 Å². The van der Waals surface area contributed by atoms with Crippen molar-refractivity contribution in [3.8, 4) is 16.9 Å². The van der Waals surface area contributed by atoms with Crippen LogP contribution in [0.25, 0.3) is 11.1 Å². The van der Waals surface area contributed by atoms with Gasteiger partial charge in [0.25, 0.3) is 0 Å². The van der Waals surface area contributed by atoms with Crippen LogP contribution in [0.2, 0.25) is 0 Å². The Bertz CT molecular complexity index is 1010. The molecule has 7 heteroatoms. The molecule has 0 unspecified atom stereocenters. The normalized spacial score (nSPS) is 13.9. The van der Waals surface area contributed by atoms with E-state index in [1.165, 1.54) is 0 Å². The molecule has 1 aliphatic rings. The Kier molecular flexibility index (Phi) is 5.99. The quantitative estimate of drug-likeness (QED) is 0.680. The second kappa shape index (κ2) is 9.00. The molecule has 2 aromatic carbocycles. The van der Waals surface area contributed by atoms with Crippen LogP contribution in [-0.2, 0) is 16.1 Å². The topological polar surface area (TPSA) is 68.6 Å². The van der Waals surface area contributed by atoms with Crippen molar-refractivity contribution in [3.63, 3.8) is 0 Å². The van der Waals surface area contributed by atoms with Crippen LogP contribution < -0.4 is 15.0 Å². The number of rotatable bonds is 6. The van der Waals surface area contributed by atoms with Gasteiger partial charge in [0.05, 0.1) is 20.3 Å². The third-order valence-electron chi connectivity index (χ3n) is 5.06. The van der Waals surface area contributed by atoms with Gasteiger partial charge in [0.15, 0.2) is 5.82 Å². The van der Waals surface area contributed by atoms with E-state index in [1.807, 2.05) is 61.7 Å². The van der Waals surface area contributed by atoms with Gasteiger partial charge in [0, 0.05) is 30.5 Å². The zero-order valence-electron chi connectivity index (χ0n) is 17.3. The monoisotopic (exact) mass is 406 g/mol. The third-order valence-corrected chi connectivity index (χ3v) is 5.06. The standard InChI is InChI=1S/C23H26N4O3/c1-17-4-3-5-19(14-17)24-22(28)16-27-15-21(18-6-8-20(29-2)9-7-18)23(25-27)26-10-12-30-13-11-26/h3-9,14-15H,10-13,16H2,1-2H3,(H,24,28). The van der Waals surface area contributed by atoms with Gasteiger partial charge in [-0.2, -0.15) is 5.10 Å². The molecule has 1 fully saturated rings. The molecule has 1 amide bonds. The number of morpholine rings is 1. The summed E-state index contributed by atoms with van der Waals surface area (Å²) in [5.41, 5.74) is 3.91. The van der Waals surface area contributed by atoms with E-state index in [1.54, 1.807) is 11.8 Å². The Balaban J connectivity index is 1.58. The van der Waals surface area contributed by atoms with Crippen LogP contribution in [0.15, 0.2) is 54.7 Å². The summed E-state index contributed by atoms with van der Waals surface area (Å²) in [6.45, 7) is 5.02. The Morgan fingerprint density at radius 3 is 2.63 bits per heavy atom. The first kappa shape index (κ1) is 20.0. The van der Waals surface area contributed by atoms with Crippen molar-refractivity contribution >= 4 is 17.4 Å². The number of ether oxygens (including phenoxy) is 2. The zero-order valence-corrected chi connectivity index (χ0v) is 17.3. The second-order valence-corrected chi connectivity index (χ2v) is 7.31. The van der Waals surface area contributed by atoms with E-state index in [2.05, 4.69) is 10.2 Å². The number of nitrogens with zero attached hydrogens (tertiary/aromatic N) is 3. The van der Waals surface area contributed by atoms with Crippen molar-refractivity contribution in [1.82, 2.24) is 9.78 Å². The first-order chi connectivity index (χ1) is 14.6. The number of carbonyl (C=O) groups is 1. The molecular formula is C23H26N4O3. The summed E-state index contributed by atoms with van der Waals surface area (Å²) in [6.07, 6.45) is 1.93. The van der Waals surface area contributed by atoms with E-state index in [4.69, 9.17) is 14.6 Å². The lowest BCUT2D eigenvalue weighted by atomic mass is 10.1. The molecule has 1 aromatic heterocycles. The van der Waals surface area contributed by atoms with Gasteiger partial charge in [-0.25, -0.2) is 0 Å². The van der Waals surface area contributed by atoms with Crippen molar-refractivity contribution < 1.29 is 14.3 Å². The number of carbonyl (C=O) groups excluding carboxylic acids is 1. The highest BCUT2D eigenvalue weighted by Gasteiger charge is 2.20. The maximum atomic E-state index is 12.6. The van der Waals surface area contributed by atoms with E-state index < -0.39 is 0 Å². The lowest BCUT2D eigenvalue weighted by Crippen LogP contribution is -2.36. The highest BCUT2D eigenvalue weighted by Crippen LogP contribution is 2.31. The molecule has 4 rings (SSSR count). The Hall–Kier alpha value is -3.32. The number of benzene rings is 2. The smallest absolute Gasteiger partial charge is 0.246 e. The molecular weight excluding hydrogens is 380 g/mol. The summed E-state index contributed by atoms with van der Waals surface area (Å²) in [5.74, 6) is 1.56. The number of nitrogens with one attached hydrogen (secondary N) is 1. The summed E-state index contributed by atoms with van der Waals surface area (Å²) >= 11 is 0. The zero-order chi connectivity index (χ0) is 20.9. The fourth-order valence-corrected chi connectivity index (χ4v) is 3.55. The highest BCUT2D eigenvalue weighted by atomic mass is 16.5. The molecule has 0 bridgehead atoms. The molecule has 7 nitrogen and oxygen atoms in total. The molecule has 0 spiro atoms. The van der Waals surface area contributed by atoms with Crippen LogP contribution in [0.3, 0.4) is 0 Å². The number of hydrogen-bond donors (Lipinski definition) is 1. The van der Waals surface area contributed by atoms with Gasteiger partial charge >= 0.3 is 0 Å². The van der Waals surface area contributed by atoms with Crippen molar-refractivity contribution in [2.75, 3.05) is 43.6 Å². The minimum absolute atomic E-state index is 0.113. The summed E-state index contributed by atoms with van der Waals surface area (Å²) in [5, 5.41) is 7.69. The van der Waals surface area contributed by atoms with Crippen molar-refractivity contribution in [1.29, 1.82) is 0 Å². The summed E-state index contributed by atoms with van der Waals surface area (Å²) < 4.78 is 12.5. The largest absolute Gasteiger partial charge is 0.497 e. The molecule has 3 aromatic rings. The molecule has 2 heterocycles. The van der Waals surface area contributed by atoms with Gasteiger partial charge in [-0.15, -0.1) is 0 Å². The van der Waals surface area contributed by atoms with Crippen LogP contribution in [-0.4, -0.2) is 49.1 Å². The lowest BCUT2D eigenvalue weighted by molar-refractivity contribution is -0.116. The number of aryl methyl sites for hydroxylation is 1. The highest BCUT2D eigenvalue weighted by molar-refractivity contribution is 5.90. The van der Waals surface area contributed by atoms with Crippen LogP contribution in [0, 0.1) is 6.92 Å². The summed E-state index contributed by atoms with van der Waals surface area (Å²) in [7, 11) is 1.65. The maximum absolute atomic E-state index is 12.6. The molecule has 1 aliphatic heterocycles. The molecule has 0 saturated carbocycles. The average molecular weight is 406 g/mol. The number of amides is 1. The third kappa shape index (κ3) is 4.63. The maximum Gasteiger partial charge on any atom is 0.246 e. The van der Waals surface area contributed by atoms with E-state index in [9.17, 15) is 4.79 Å². The molecule has 1 saturated heterocycles. The van der Waals surface area contributed by atoms with E-state index in [0.717, 1.165) is 47.0 Å². The van der Waals surface area contributed by atoms with Crippen molar-refractivity contribution in [3.05, 3.63) is 60.3 Å². The van der Waals surface area contributed by atoms with Crippen LogP contribution in [0.1, 0.15) is 5.56 Å². The van der Waals surface area contributed by atoms with Gasteiger partial charge in [-0.1, -0.05) is 24.3 Å². The van der Waals surface area contributed by atoms with Crippen molar-refractivity contribution in [2.24, 2.45) is 0 Å². The Morgan fingerprint density at radius 1 is 1.17 bits per heavy atom. The lowest BCUT2D eigenvalue weighted by Gasteiger charge is -2.27. The Labute approximate surface area is 176 Å². The summed E-state index contributed by atoms with van der Waals surface area (Å²) in [4.78, 5) is 14.8. The van der Waals surface area contributed by atoms with Crippen LogP contribution in [0.5, 0.6) is 5.75 Å². The molecule has 0 radical (unpaired) electrons.